The molecule has 0 spiro atoms. The van der Waals surface area contributed by atoms with Crippen LogP contribution >= 0.6 is 0 Å². The molecule has 0 N–H and O–H groups in total. The molecular weight excluding hydrogens is 120 g/mol. The minimum Gasteiger partial charge on any atom is -0.0656 e. The maximum atomic E-state index is 2.34. The highest BCUT2D eigenvalue weighted by atomic mass is 14.3. The molecule has 0 nitrogen and oxygen atoms in total. The minimum atomic E-state index is 1.05. The lowest BCUT2D eigenvalue weighted by Crippen LogP contribution is -2.19. The molecule has 0 aromatic heterocycles. The molecule has 0 atom stereocenters. The van der Waals surface area contributed by atoms with E-state index in [0.717, 1.165) is 11.8 Å². The van der Waals surface area contributed by atoms with Crippen LogP contribution < -0.4 is 0 Å². The van der Waals surface area contributed by atoms with E-state index in [1.807, 2.05) is 0 Å². The van der Waals surface area contributed by atoms with Gasteiger partial charge < -0.3 is 0 Å². The predicted octanol–water partition coefficient (Wildman–Crippen LogP) is 3.86. The van der Waals surface area contributed by atoms with Gasteiger partial charge in [0.25, 0.3) is 0 Å². The number of hydrogen-bond donors (Lipinski definition) is 0. The Morgan fingerprint density at radius 2 is 1.50 bits per heavy atom. The summed E-state index contributed by atoms with van der Waals surface area (Å²) in [7, 11) is 0. The van der Waals surface area contributed by atoms with Gasteiger partial charge in [-0.05, 0) is 24.7 Å². The Bertz CT molecular complexity index is 60.4. The molecule has 62 valence electrons. The molecule has 0 amide bonds. The van der Waals surface area contributed by atoms with Crippen LogP contribution in [0.15, 0.2) is 0 Å². The molecule has 1 aliphatic rings. The van der Waals surface area contributed by atoms with Gasteiger partial charge in [0.2, 0.25) is 0 Å². The number of rotatable bonds is 1. The van der Waals surface area contributed by atoms with Crippen LogP contribution in [0.3, 0.4) is 0 Å². The van der Waals surface area contributed by atoms with Crippen molar-refractivity contribution in [2.45, 2.75) is 53.4 Å². The van der Waals surface area contributed by atoms with E-state index < -0.39 is 0 Å². The summed E-state index contributed by atoms with van der Waals surface area (Å²) < 4.78 is 0. The molecule has 0 aromatic carbocycles. The van der Waals surface area contributed by atoms with E-state index in [4.69, 9.17) is 0 Å². The molecule has 0 heteroatoms. The van der Waals surface area contributed by atoms with Crippen LogP contribution in [0.25, 0.3) is 0 Å². The van der Waals surface area contributed by atoms with Crippen LogP contribution in [0.1, 0.15) is 53.4 Å². The molecule has 0 aliphatic heterocycles. The van der Waals surface area contributed by atoms with Gasteiger partial charge in [0.1, 0.15) is 0 Å². The van der Waals surface area contributed by atoms with E-state index in [1.54, 1.807) is 0 Å². The summed E-state index contributed by atoms with van der Waals surface area (Å²) in [6, 6.07) is 0. The van der Waals surface area contributed by atoms with Gasteiger partial charge >= 0.3 is 0 Å². The Hall–Kier alpha value is 0. The highest BCUT2D eigenvalue weighted by Crippen LogP contribution is 2.34. The zero-order chi connectivity index (χ0) is 7.98. The quantitative estimate of drug-likeness (QED) is 0.521. The van der Waals surface area contributed by atoms with Crippen LogP contribution in [0.2, 0.25) is 0 Å². The summed E-state index contributed by atoms with van der Waals surface area (Å²) in [5.41, 5.74) is 0. The van der Waals surface area contributed by atoms with Gasteiger partial charge in [0.05, 0.1) is 0 Å². The van der Waals surface area contributed by atoms with E-state index in [1.165, 1.54) is 25.7 Å². The molecule has 0 unspecified atom stereocenters. The fourth-order valence-corrected chi connectivity index (χ4v) is 1.40. The van der Waals surface area contributed by atoms with E-state index >= 15 is 0 Å². The summed E-state index contributed by atoms with van der Waals surface area (Å²) in [4.78, 5) is 0. The second kappa shape index (κ2) is 5.76. The van der Waals surface area contributed by atoms with Gasteiger partial charge in [-0.3, -0.25) is 0 Å². The van der Waals surface area contributed by atoms with Gasteiger partial charge in [-0.15, -0.1) is 0 Å². The summed E-state index contributed by atoms with van der Waals surface area (Å²) in [6.07, 6.45) is 5.65. The molecule has 10 heavy (non-hydrogen) atoms. The van der Waals surface area contributed by atoms with Gasteiger partial charge in [-0.25, -0.2) is 0 Å². The van der Waals surface area contributed by atoms with Crippen molar-refractivity contribution < 1.29 is 0 Å². The fraction of sp³-hybridized carbons (Fsp3) is 1.00. The lowest BCUT2D eigenvalue weighted by Gasteiger charge is -2.31. The third-order valence-corrected chi connectivity index (χ3v) is 2.05. The van der Waals surface area contributed by atoms with Gasteiger partial charge in [0.15, 0.2) is 0 Å². The Labute approximate surface area is 66.0 Å². The third kappa shape index (κ3) is 3.92. The standard InChI is InChI=1S/C7H14.C3H8/c1-3-7-4-6(2)5-7;1-3-2/h6-7H,3-5H2,1-2H3;3H2,1-2H3. The summed E-state index contributed by atoms with van der Waals surface area (Å²) in [5.74, 6) is 2.14. The van der Waals surface area contributed by atoms with E-state index in [2.05, 4.69) is 27.7 Å². The van der Waals surface area contributed by atoms with E-state index in [0.29, 0.717) is 0 Å². The first-order valence-electron chi connectivity index (χ1n) is 4.74. The van der Waals surface area contributed by atoms with Gasteiger partial charge in [0, 0.05) is 0 Å². The molecule has 0 heterocycles. The molecular formula is C10H22. The van der Waals surface area contributed by atoms with Crippen molar-refractivity contribution in [3.05, 3.63) is 0 Å². The molecule has 0 bridgehead atoms. The highest BCUT2D eigenvalue weighted by molar-refractivity contribution is 4.74. The van der Waals surface area contributed by atoms with Crippen LogP contribution in [0.4, 0.5) is 0 Å². The highest BCUT2D eigenvalue weighted by Gasteiger charge is 2.22. The van der Waals surface area contributed by atoms with Crippen molar-refractivity contribution >= 4 is 0 Å². The average molecular weight is 142 g/mol. The van der Waals surface area contributed by atoms with Crippen LogP contribution in [-0.2, 0) is 0 Å². The Morgan fingerprint density at radius 1 is 1.10 bits per heavy atom. The zero-order valence-corrected chi connectivity index (χ0v) is 7.98. The summed E-state index contributed by atoms with van der Waals surface area (Å²) >= 11 is 0. The smallest absolute Gasteiger partial charge is 0.0412 e. The number of hydrogen-bond acceptors (Lipinski definition) is 0. The largest absolute Gasteiger partial charge is 0.0656 e. The van der Waals surface area contributed by atoms with Crippen molar-refractivity contribution in [3.8, 4) is 0 Å². The summed E-state index contributed by atoms with van der Waals surface area (Å²) in [6.45, 7) is 8.88. The van der Waals surface area contributed by atoms with Gasteiger partial charge in [-0.1, -0.05) is 40.5 Å². The molecule has 0 radical (unpaired) electrons. The van der Waals surface area contributed by atoms with Gasteiger partial charge in [-0.2, -0.15) is 0 Å². The van der Waals surface area contributed by atoms with Crippen LogP contribution in [0, 0.1) is 11.8 Å². The van der Waals surface area contributed by atoms with Crippen molar-refractivity contribution in [1.29, 1.82) is 0 Å². The second-order valence-corrected chi connectivity index (χ2v) is 3.56. The first-order chi connectivity index (χ1) is 4.74. The maximum absolute atomic E-state index is 2.34. The Kier molecular flexibility index (Phi) is 5.76. The molecule has 1 rings (SSSR count). The SMILES string of the molecule is CCC.CCC1CC(C)C1. The van der Waals surface area contributed by atoms with Crippen LogP contribution in [0.5, 0.6) is 0 Å². The summed E-state index contributed by atoms with van der Waals surface area (Å²) in [5, 5.41) is 0. The minimum absolute atomic E-state index is 1.05. The molecule has 0 saturated heterocycles. The van der Waals surface area contributed by atoms with Crippen molar-refractivity contribution in [3.63, 3.8) is 0 Å². The zero-order valence-electron chi connectivity index (χ0n) is 7.98. The fourth-order valence-electron chi connectivity index (χ4n) is 1.40. The van der Waals surface area contributed by atoms with Crippen LogP contribution in [-0.4, -0.2) is 0 Å². The second-order valence-electron chi connectivity index (χ2n) is 3.56. The first kappa shape index (κ1) is 10.0. The predicted molar refractivity (Wildman–Crippen MR) is 48.1 cm³/mol. The maximum Gasteiger partial charge on any atom is -0.0412 e. The lowest BCUT2D eigenvalue weighted by atomic mass is 9.75. The molecule has 1 saturated carbocycles. The molecule has 1 aliphatic carbocycles. The van der Waals surface area contributed by atoms with E-state index in [9.17, 15) is 0 Å². The third-order valence-electron chi connectivity index (χ3n) is 2.05. The lowest BCUT2D eigenvalue weighted by molar-refractivity contribution is 0.206. The Balaban J connectivity index is 0.000000236. The van der Waals surface area contributed by atoms with Crippen molar-refractivity contribution in [2.24, 2.45) is 11.8 Å². The van der Waals surface area contributed by atoms with E-state index in [-0.39, 0.29) is 0 Å². The molecule has 1 fully saturated rings. The average Bonchev–Trinajstić information content (AvgIpc) is 1.83. The van der Waals surface area contributed by atoms with Crippen molar-refractivity contribution in [2.75, 3.05) is 0 Å². The monoisotopic (exact) mass is 142 g/mol. The topological polar surface area (TPSA) is 0 Å². The normalized spacial score (nSPS) is 30.0. The Morgan fingerprint density at radius 3 is 1.60 bits per heavy atom. The molecule has 0 aromatic rings. The van der Waals surface area contributed by atoms with Crippen molar-refractivity contribution in [1.82, 2.24) is 0 Å². The first-order valence-corrected chi connectivity index (χ1v) is 4.74.